The van der Waals surface area contributed by atoms with Gasteiger partial charge in [0.1, 0.15) is 0 Å². The summed E-state index contributed by atoms with van der Waals surface area (Å²) in [6, 6.07) is 4.68. The fraction of sp³-hybridized carbons (Fsp3) is 0.571. The van der Waals surface area contributed by atoms with Crippen LogP contribution in [0.1, 0.15) is 24.4 Å². The van der Waals surface area contributed by atoms with Crippen molar-refractivity contribution in [2.24, 2.45) is 0 Å². The highest BCUT2D eigenvalue weighted by Crippen LogP contribution is 2.34. The highest BCUT2D eigenvalue weighted by Gasteiger charge is 2.31. The van der Waals surface area contributed by atoms with Crippen LogP contribution in [0, 0.1) is 0 Å². The van der Waals surface area contributed by atoms with Crippen molar-refractivity contribution in [3.63, 3.8) is 0 Å². The Morgan fingerprint density at radius 1 is 1.10 bits per heavy atom. The van der Waals surface area contributed by atoms with Gasteiger partial charge in [-0.1, -0.05) is 23.2 Å². The quantitative estimate of drug-likeness (QED) is 0.879. The number of alkyl halides is 3. The first-order valence-electron chi connectivity index (χ1n) is 6.83. The first kappa shape index (κ1) is 16.9. The van der Waals surface area contributed by atoms with Crippen LogP contribution in [-0.2, 0) is 0 Å². The zero-order chi connectivity index (χ0) is 15.5. The van der Waals surface area contributed by atoms with Crippen LogP contribution >= 0.6 is 23.2 Å². The van der Waals surface area contributed by atoms with E-state index in [1.54, 1.807) is 18.2 Å². The second kappa shape index (κ2) is 7.18. The van der Waals surface area contributed by atoms with Crippen molar-refractivity contribution < 1.29 is 13.2 Å². The average molecular weight is 341 g/mol. The molecule has 0 amide bonds. The average Bonchev–Trinajstić information content (AvgIpc) is 2.37. The Kier molecular flexibility index (Phi) is 5.77. The van der Waals surface area contributed by atoms with Crippen molar-refractivity contribution in [1.29, 1.82) is 0 Å². The van der Waals surface area contributed by atoms with E-state index >= 15 is 0 Å². The maximum Gasteiger partial charge on any atom is 0.389 e. The van der Waals surface area contributed by atoms with Gasteiger partial charge in [0.15, 0.2) is 0 Å². The number of halogens is 5. The zero-order valence-electron chi connectivity index (χ0n) is 11.4. The smallest absolute Gasteiger partial charge is 0.314 e. The molecule has 0 bridgehead atoms. The first-order chi connectivity index (χ1) is 9.85. The number of piperazine rings is 1. The summed E-state index contributed by atoms with van der Waals surface area (Å²) in [6.07, 6.45) is -4.96. The van der Waals surface area contributed by atoms with Crippen molar-refractivity contribution in [2.45, 2.75) is 25.1 Å². The fourth-order valence-electron chi connectivity index (χ4n) is 2.62. The molecule has 1 aliphatic heterocycles. The van der Waals surface area contributed by atoms with Crippen LogP contribution in [0.2, 0.25) is 10.0 Å². The molecule has 7 heteroatoms. The van der Waals surface area contributed by atoms with Gasteiger partial charge in [0, 0.05) is 48.7 Å². The third-order valence-electron chi connectivity index (χ3n) is 3.56. The minimum Gasteiger partial charge on any atom is -0.314 e. The largest absolute Gasteiger partial charge is 0.389 e. The lowest BCUT2D eigenvalue weighted by Crippen LogP contribution is -2.45. The monoisotopic (exact) mass is 340 g/mol. The molecule has 118 valence electrons. The van der Waals surface area contributed by atoms with Crippen LogP contribution in [0.25, 0.3) is 0 Å². The predicted octanol–water partition coefficient (Wildman–Crippen LogP) is 4.28. The SMILES string of the molecule is FC(F)(F)CC[C@@H](c1cc(Cl)cc(Cl)c1)N1CCNCC1. The van der Waals surface area contributed by atoms with Crippen molar-refractivity contribution >= 4 is 23.2 Å². The Morgan fingerprint density at radius 2 is 1.67 bits per heavy atom. The Balaban J connectivity index is 2.21. The van der Waals surface area contributed by atoms with Crippen molar-refractivity contribution in [2.75, 3.05) is 26.2 Å². The number of hydrogen-bond donors (Lipinski definition) is 1. The van der Waals surface area contributed by atoms with Crippen LogP contribution < -0.4 is 5.32 Å². The van der Waals surface area contributed by atoms with Gasteiger partial charge >= 0.3 is 6.18 Å². The summed E-state index contributed by atoms with van der Waals surface area (Å²) in [4.78, 5) is 2.06. The van der Waals surface area contributed by atoms with Crippen molar-refractivity contribution in [3.8, 4) is 0 Å². The molecule has 1 aliphatic rings. The van der Waals surface area contributed by atoms with Gasteiger partial charge in [0.25, 0.3) is 0 Å². The van der Waals surface area contributed by atoms with Crippen LogP contribution in [0.15, 0.2) is 18.2 Å². The summed E-state index contributed by atoms with van der Waals surface area (Å²) in [5.74, 6) is 0. The third-order valence-corrected chi connectivity index (χ3v) is 4.00. The summed E-state index contributed by atoms with van der Waals surface area (Å²) in [6.45, 7) is 2.98. The molecular weight excluding hydrogens is 324 g/mol. The van der Waals surface area contributed by atoms with Crippen LogP contribution in [-0.4, -0.2) is 37.3 Å². The van der Waals surface area contributed by atoms with Gasteiger partial charge in [-0.3, -0.25) is 4.90 Å². The molecule has 1 aromatic rings. The number of hydrogen-bond acceptors (Lipinski definition) is 2. The highest BCUT2D eigenvalue weighted by atomic mass is 35.5. The van der Waals surface area contributed by atoms with E-state index in [2.05, 4.69) is 10.2 Å². The van der Waals surface area contributed by atoms with Crippen LogP contribution in [0.5, 0.6) is 0 Å². The zero-order valence-corrected chi connectivity index (χ0v) is 12.9. The molecule has 0 spiro atoms. The van der Waals surface area contributed by atoms with E-state index in [0.29, 0.717) is 23.1 Å². The van der Waals surface area contributed by atoms with E-state index in [1.165, 1.54) is 0 Å². The van der Waals surface area contributed by atoms with Gasteiger partial charge in [-0.05, 0) is 30.2 Å². The molecule has 1 saturated heterocycles. The van der Waals surface area contributed by atoms with Gasteiger partial charge in [0.2, 0.25) is 0 Å². The lowest BCUT2D eigenvalue weighted by molar-refractivity contribution is -0.138. The van der Waals surface area contributed by atoms with E-state index in [1.807, 2.05) is 0 Å². The Bertz CT molecular complexity index is 454. The Labute approximate surface area is 132 Å². The van der Waals surface area contributed by atoms with Crippen LogP contribution in [0.3, 0.4) is 0 Å². The van der Waals surface area contributed by atoms with E-state index in [0.717, 1.165) is 18.7 Å². The second-order valence-electron chi connectivity index (χ2n) is 5.16. The molecular formula is C14H17Cl2F3N2. The molecule has 2 rings (SSSR count). The standard InChI is InChI=1S/C14H17Cl2F3N2/c15-11-7-10(8-12(16)9-11)13(1-2-14(17,18)19)21-5-3-20-4-6-21/h7-9,13,20H,1-6H2/t13-/m0/s1. The van der Waals surface area contributed by atoms with Gasteiger partial charge in [-0.15, -0.1) is 0 Å². The van der Waals surface area contributed by atoms with E-state index < -0.39 is 12.6 Å². The summed E-state index contributed by atoms with van der Waals surface area (Å²) in [5, 5.41) is 4.10. The van der Waals surface area contributed by atoms with E-state index in [-0.39, 0.29) is 12.5 Å². The number of nitrogens with one attached hydrogen (secondary N) is 1. The molecule has 0 aromatic heterocycles. The fourth-order valence-corrected chi connectivity index (χ4v) is 3.16. The van der Waals surface area contributed by atoms with Crippen molar-refractivity contribution in [3.05, 3.63) is 33.8 Å². The predicted molar refractivity (Wildman–Crippen MR) is 78.9 cm³/mol. The Hall–Kier alpha value is -0.490. The minimum atomic E-state index is -4.16. The molecule has 2 nitrogen and oxygen atoms in total. The van der Waals surface area contributed by atoms with E-state index in [4.69, 9.17) is 23.2 Å². The van der Waals surface area contributed by atoms with Crippen LogP contribution in [0.4, 0.5) is 13.2 Å². The molecule has 1 aromatic carbocycles. The summed E-state index contributed by atoms with van der Waals surface area (Å²) in [7, 11) is 0. The topological polar surface area (TPSA) is 15.3 Å². The normalized spacial score (nSPS) is 18.7. The molecule has 1 N–H and O–H groups in total. The second-order valence-corrected chi connectivity index (χ2v) is 6.03. The van der Waals surface area contributed by atoms with Gasteiger partial charge in [0.05, 0.1) is 0 Å². The minimum absolute atomic E-state index is 0.0141. The molecule has 0 radical (unpaired) electrons. The molecule has 1 atom stereocenters. The van der Waals surface area contributed by atoms with Gasteiger partial charge in [-0.25, -0.2) is 0 Å². The highest BCUT2D eigenvalue weighted by molar-refractivity contribution is 6.34. The number of rotatable bonds is 4. The summed E-state index contributed by atoms with van der Waals surface area (Å²) >= 11 is 12.0. The molecule has 1 heterocycles. The Morgan fingerprint density at radius 3 is 2.19 bits per heavy atom. The van der Waals surface area contributed by atoms with Gasteiger partial charge in [-0.2, -0.15) is 13.2 Å². The van der Waals surface area contributed by atoms with E-state index in [9.17, 15) is 13.2 Å². The molecule has 0 saturated carbocycles. The maximum absolute atomic E-state index is 12.6. The summed E-state index contributed by atoms with van der Waals surface area (Å²) < 4.78 is 37.7. The van der Waals surface area contributed by atoms with Gasteiger partial charge < -0.3 is 5.32 Å². The summed E-state index contributed by atoms with van der Waals surface area (Å²) in [5.41, 5.74) is 0.749. The number of benzene rings is 1. The maximum atomic E-state index is 12.6. The lowest BCUT2D eigenvalue weighted by atomic mass is 9.99. The molecule has 0 unspecified atom stereocenters. The lowest BCUT2D eigenvalue weighted by Gasteiger charge is -2.35. The molecule has 0 aliphatic carbocycles. The van der Waals surface area contributed by atoms with Crippen molar-refractivity contribution in [1.82, 2.24) is 10.2 Å². The number of nitrogens with zero attached hydrogens (tertiary/aromatic N) is 1. The third kappa shape index (κ3) is 5.33. The first-order valence-corrected chi connectivity index (χ1v) is 7.58. The molecule has 1 fully saturated rings. The molecule has 21 heavy (non-hydrogen) atoms.